The number of rotatable bonds is 4. The van der Waals surface area contributed by atoms with Crippen LogP contribution in [0.25, 0.3) is 0 Å². The number of nitrogens with one attached hydrogen (secondary N) is 2. The number of hydrogen-bond donors (Lipinski definition) is 3. The summed E-state index contributed by atoms with van der Waals surface area (Å²) >= 11 is 0. The first kappa shape index (κ1) is 35.7. The number of imide groups is 1. The number of esters is 2. The molecular formula is C43H47N3O7S2. The van der Waals surface area contributed by atoms with E-state index >= 15 is 0 Å². The van der Waals surface area contributed by atoms with Crippen molar-refractivity contribution in [2.45, 2.75) is 88.9 Å². The molecule has 0 aromatic rings. The number of aliphatic hydroxyl groups is 1. The van der Waals surface area contributed by atoms with Crippen LogP contribution >= 0.6 is 21.6 Å². The quantitative estimate of drug-likeness (QED) is 0.167. The van der Waals surface area contributed by atoms with E-state index in [0.717, 1.165) is 60.2 Å². The molecule has 2 amide bonds. The van der Waals surface area contributed by atoms with Crippen LogP contribution in [0.5, 0.6) is 0 Å². The van der Waals surface area contributed by atoms with E-state index in [4.69, 9.17) is 9.47 Å². The molecule has 10 nitrogen and oxygen atoms in total. The third-order valence-electron chi connectivity index (χ3n) is 14.5. The van der Waals surface area contributed by atoms with Crippen molar-refractivity contribution in [3.63, 3.8) is 0 Å². The maximum atomic E-state index is 14.8. The first-order valence-electron chi connectivity index (χ1n) is 20.2. The van der Waals surface area contributed by atoms with Crippen LogP contribution in [-0.4, -0.2) is 57.7 Å². The van der Waals surface area contributed by atoms with Gasteiger partial charge in [0.05, 0.1) is 11.0 Å². The molecule has 0 aromatic heterocycles. The second-order valence-corrected chi connectivity index (χ2v) is 19.6. The molecule has 288 valence electrons. The van der Waals surface area contributed by atoms with Gasteiger partial charge in [-0.2, -0.15) is 0 Å². The number of aliphatic hydroxyl groups excluding tert-OH is 1. The first-order chi connectivity index (χ1) is 26.6. The zero-order valence-electron chi connectivity index (χ0n) is 31.2. The number of allylic oxidation sites excluding steroid dienone is 6. The molecule has 1 saturated heterocycles. The number of cyclic esters (lactones) is 1. The van der Waals surface area contributed by atoms with Gasteiger partial charge in [-0.25, -0.2) is 9.59 Å². The average Bonchev–Trinajstić information content (AvgIpc) is 3.95. The summed E-state index contributed by atoms with van der Waals surface area (Å²) in [6.07, 6.45) is 22.1. The number of carbonyl (C=O) groups is 4. The van der Waals surface area contributed by atoms with Crippen molar-refractivity contribution in [3.8, 4) is 0 Å². The SMILES string of the molecule is CCC1(C=C2OC(=O)C3=C2CCC2C4CCC5(C6=CCC(C)C(O)SSC7C=CC8=C(NCC=C8C(CN8C(=O)C=CC8=O)C4=C5C(=O)O6)N7)C32)CCCC1. The molecular weight excluding hydrogens is 735 g/mol. The van der Waals surface area contributed by atoms with E-state index in [-0.39, 0.29) is 58.8 Å². The van der Waals surface area contributed by atoms with E-state index < -0.39 is 22.7 Å². The summed E-state index contributed by atoms with van der Waals surface area (Å²) in [7, 11) is 2.96. The molecule has 0 aromatic carbocycles. The fourth-order valence-electron chi connectivity index (χ4n) is 11.8. The van der Waals surface area contributed by atoms with Crippen LogP contribution in [-0.2, 0) is 28.7 Å². The van der Waals surface area contributed by atoms with Crippen molar-refractivity contribution in [1.82, 2.24) is 15.5 Å². The molecule has 12 rings (SSSR count). The topological polar surface area (TPSA) is 134 Å². The van der Waals surface area contributed by atoms with Gasteiger partial charge in [-0.05, 0) is 97.8 Å². The van der Waals surface area contributed by atoms with E-state index in [9.17, 15) is 24.3 Å². The van der Waals surface area contributed by atoms with Crippen molar-refractivity contribution in [2.75, 3.05) is 13.1 Å². The van der Waals surface area contributed by atoms with E-state index in [2.05, 4.69) is 41.9 Å². The Kier molecular flexibility index (Phi) is 8.53. The fourth-order valence-corrected chi connectivity index (χ4v) is 14.2. The van der Waals surface area contributed by atoms with Crippen LogP contribution in [0.4, 0.5) is 0 Å². The third-order valence-corrected chi connectivity index (χ3v) is 17.3. The lowest BCUT2D eigenvalue weighted by Gasteiger charge is -2.57. The van der Waals surface area contributed by atoms with Gasteiger partial charge in [-0.1, -0.05) is 66.5 Å². The molecule has 8 unspecified atom stereocenters. The van der Waals surface area contributed by atoms with Gasteiger partial charge in [-0.3, -0.25) is 14.5 Å². The lowest BCUT2D eigenvalue weighted by Crippen LogP contribution is -2.54. The Balaban J connectivity index is 1.20. The number of amides is 2. The Hall–Kier alpha value is -3.74. The normalized spacial score (nSPS) is 38.0. The minimum Gasteiger partial charge on any atom is -0.427 e. The molecule has 9 bridgehead atoms. The Labute approximate surface area is 329 Å². The van der Waals surface area contributed by atoms with Gasteiger partial charge in [0, 0.05) is 53.8 Å². The predicted octanol–water partition coefficient (Wildman–Crippen LogP) is 6.38. The highest BCUT2D eigenvalue weighted by atomic mass is 33.1. The smallest absolute Gasteiger partial charge is 0.340 e. The third kappa shape index (κ3) is 5.33. The van der Waals surface area contributed by atoms with E-state index in [1.54, 1.807) is 10.8 Å². The van der Waals surface area contributed by atoms with Gasteiger partial charge >= 0.3 is 11.9 Å². The summed E-state index contributed by atoms with van der Waals surface area (Å²) in [5.41, 5.74) is 3.52. The molecule has 7 heterocycles. The maximum absolute atomic E-state index is 14.8. The largest absolute Gasteiger partial charge is 0.427 e. The molecule has 7 aliphatic heterocycles. The van der Waals surface area contributed by atoms with Gasteiger partial charge in [0.2, 0.25) is 0 Å². The lowest BCUT2D eigenvalue weighted by molar-refractivity contribution is -0.138. The van der Waals surface area contributed by atoms with Crippen molar-refractivity contribution >= 4 is 45.3 Å². The molecule has 12 aliphatic rings. The summed E-state index contributed by atoms with van der Waals surface area (Å²) in [6.45, 7) is 4.85. The van der Waals surface area contributed by atoms with Crippen LogP contribution in [0, 0.1) is 40.4 Å². The number of ether oxygens (including phenoxy) is 2. The van der Waals surface area contributed by atoms with Crippen LogP contribution < -0.4 is 10.6 Å². The summed E-state index contributed by atoms with van der Waals surface area (Å²) in [5, 5.41) is 18.3. The van der Waals surface area contributed by atoms with Crippen LogP contribution in [0.3, 0.4) is 0 Å². The molecule has 55 heavy (non-hydrogen) atoms. The second-order valence-electron chi connectivity index (χ2n) is 17.0. The Morgan fingerprint density at radius 3 is 2.58 bits per heavy atom. The summed E-state index contributed by atoms with van der Waals surface area (Å²) in [5.74, 6) is -0.324. The molecule has 3 N–H and O–H groups in total. The van der Waals surface area contributed by atoms with E-state index in [0.29, 0.717) is 48.5 Å². The van der Waals surface area contributed by atoms with Crippen molar-refractivity contribution in [3.05, 3.63) is 93.3 Å². The summed E-state index contributed by atoms with van der Waals surface area (Å²) in [6, 6.07) is 0. The van der Waals surface area contributed by atoms with Crippen LogP contribution in [0.1, 0.15) is 78.1 Å². The summed E-state index contributed by atoms with van der Waals surface area (Å²) in [4.78, 5) is 57.0. The zero-order valence-corrected chi connectivity index (χ0v) is 32.9. The van der Waals surface area contributed by atoms with Crippen LogP contribution in [0.15, 0.2) is 93.3 Å². The van der Waals surface area contributed by atoms with E-state index in [1.807, 2.05) is 13.0 Å². The standard InChI is InChI=1S/C43H47N3O7S2/c1-3-42(16-4-5-17-42)20-29-27-8-7-25-24-14-18-43(36(25)35(27)39(49)52-29)30-10-6-22(2)41(51)55-54-31-11-9-26-23(15-19-44-38(26)45-31)28(34(24)37(43)40(50)53-30)21-46-32(47)12-13-33(46)48/h9-13,15,20,22,24-25,28,31,36,41,44-45,51H,3-8,14,16-19,21H2,1-2H3. The van der Waals surface area contributed by atoms with Gasteiger partial charge in [-0.15, -0.1) is 0 Å². The minimum atomic E-state index is -0.924. The minimum absolute atomic E-state index is 0.0160. The molecule has 3 fully saturated rings. The highest BCUT2D eigenvalue weighted by molar-refractivity contribution is 8.77. The van der Waals surface area contributed by atoms with Crippen molar-refractivity contribution in [1.29, 1.82) is 0 Å². The average molecular weight is 782 g/mol. The molecule has 1 spiro atoms. The molecule has 8 atom stereocenters. The number of dihydropyridines is 2. The Bertz CT molecular complexity index is 2050. The Morgan fingerprint density at radius 2 is 1.80 bits per heavy atom. The van der Waals surface area contributed by atoms with Crippen molar-refractivity contribution < 1.29 is 33.8 Å². The second kappa shape index (κ2) is 13.2. The number of hydrogen-bond acceptors (Lipinski definition) is 11. The Morgan fingerprint density at radius 1 is 1.00 bits per heavy atom. The molecule has 5 aliphatic carbocycles. The lowest BCUT2D eigenvalue weighted by atomic mass is 9.43. The number of carbonyl (C=O) groups excluding carboxylic acids is 4. The molecule has 2 saturated carbocycles. The van der Waals surface area contributed by atoms with Gasteiger partial charge < -0.3 is 25.2 Å². The highest BCUT2D eigenvalue weighted by Crippen LogP contribution is 2.72. The maximum Gasteiger partial charge on any atom is 0.340 e. The molecule has 12 heteroatoms. The summed E-state index contributed by atoms with van der Waals surface area (Å²) < 4.78 is 12.7. The van der Waals surface area contributed by atoms with Gasteiger partial charge in [0.25, 0.3) is 11.8 Å². The van der Waals surface area contributed by atoms with E-state index in [1.165, 1.54) is 40.7 Å². The monoisotopic (exact) mass is 781 g/mol. The fraction of sp³-hybridized carbons (Fsp3) is 0.535. The van der Waals surface area contributed by atoms with Gasteiger partial charge in [0.15, 0.2) is 0 Å². The first-order valence-corrected chi connectivity index (χ1v) is 22.4. The molecule has 0 radical (unpaired) electrons. The zero-order chi connectivity index (χ0) is 37.8. The van der Waals surface area contributed by atoms with Crippen molar-refractivity contribution in [2.24, 2.45) is 40.4 Å². The highest BCUT2D eigenvalue weighted by Gasteiger charge is 2.69. The number of fused-ring (bicyclic) bond motifs is 6. The number of nitrogens with zero attached hydrogens (tertiary/aromatic N) is 1. The van der Waals surface area contributed by atoms with Crippen LogP contribution in [0.2, 0.25) is 0 Å². The van der Waals surface area contributed by atoms with Gasteiger partial charge in [0.1, 0.15) is 28.1 Å². The predicted molar refractivity (Wildman–Crippen MR) is 208 cm³/mol.